The van der Waals surface area contributed by atoms with Crippen LogP contribution < -0.4 is 0 Å². The van der Waals surface area contributed by atoms with Crippen molar-refractivity contribution in [3.8, 4) is 11.8 Å². The molecule has 0 radical (unpaired) electrons. The molecule has 0 aliphatic rings. The second-order valence-electron chi connectivity index (χ2n) is 8.21. The van der Waals surface area contributed by atoms with E-state index in [0.717, 1.165) is 0 Å². The number of alkyl halides is 2. The molecular formula is C22H18F3N5O2. The Labute approximate surface area is 180 Å². The second kappa shape index (κ2) is 7.37. The van der Waals surface area contributed by atoms with E-state index < -0.39 is 29.5 Å². The normalized spacial score (nSPS) is 12.4. The van der Waals surface area contributed by atoms with E-state index in [1.807, 2.05) is 0 Å². The first-order valence-electron chi connectivity index (χ1n) is 9.67. The van der Waals surface area contributed by atoms with Crippen molar-refractivity contribution in [1.82, 2.24) is 19.7 Å². The third-order valence-electron chi connectivity index (χ3n) is 5.40. The lowest BCUT2D eigenvalue weighted by Gasteiger charge is -2.27. The minimum absolute atomic E-state index is 0.00785. The van der Waals surface area contributed by atoms with Crippen LogP contribution in [0.2, 0.25) is 0 Å². The van der Waals surface area contributed by atoms with Gasteiger partial charge in [-0.15, -0.1) is 0 Å². The average Bonchev–Trinajstić information content (AvgIpc) is 3.29. The molecule has 3 aromatic heterocycles. The number of nitrogens with zero attached hydrogens (tertiary/aromatic N) is 4. The van der Waals surface area contributed by atoms with Crippen molar-refractivity contribution in [2.75, 3.05) is 0 Å². The number of aromatic amines is 1. The molecule has 0 saturated carbocycles. The van der Waals surface area contributed by atoms with E-state index in [-0.39, 0.29) is 17.5 Å². The summed E-state index contributed by atoms with van der Waals surface area (Å²) in [5.74, 6) is -6.80. The molecule has 10 heteroatoms. The van der Waals surface area contributed by atoms with Gasteiger partial charge >= 0.3 is 11.9 Å². The van der Waals surface area contributed by atoms with Crippen LogP contribution in [-0.4, -0.2) is 36.7 Å². The molecule has 0 aliphatic carbocycles. The average molecular weight is 441 g/mol. The highest BCUT2D eigenvalue weighted by atomic mass is 19.3. The maximum atomic E-state index is 14.5. The molecular weight excluding hydrogens is 423 g/mol. The number of aromatic nitrogens is 4. The largest absolute Gasteiger partial charge is 0.477 e. The fraction of sp³-hybridized carbons (Fsp3) is 0.273. The maximum absolute atomic E-state index is 14.5. The summed E-state index contributed by atoms with van der Waals surface area (Å²) in [5.41, 5.74) is 0.754. The van der Waals surface area contributed by atoms with Gasteiger partial charge in [-0.3, -0.25) is 5.10 Å². The molecule has 0 amide bonds. The number of H-pyrrole nitrogens is 1. The Hall–Kier alpha value is -3.87. The lowest BCUT2D eigenvalue weighted by Crippen LogP contribution is -2.32. The topological polar surface area (TPSA) is 108 Å². The number of carboxylic acid groups (broad SMARTS) is 1. The third kappa shape index (κ3) is 3.45. The van der Waals surface area contributed by atoms with Crippen LogP contribution in [0.3, 0.4) is 0 Å². The number of aliphatic carboxylic acids is 1. The first-order chi connectivity index (χ1) is 15.0. The molecule has 1 aromatic carbocycles. The molecule has 0 bridgehead atoms. The number of carbonyl (C=O) groups is 1. The summed E-state index contributed by atoms with van der Waals surface area (Å²) in [7, 11) is 0. The van der Waals surface area contributed by atoms with Crippen LogP contribution >= 0.6 is 0 Å². The Balaban J connectivity index is 2.16. The fourth-order valence-corrected chi connectivity index (χ4v) is 3.94. The van der Waals surface area contributed by atoms with Crippen molar-refractivity contribution in [3.05, 3.63) is 53.6 Å². The minimum Gasteiger partial charge on any atom is -0.477 e. The molecule has 164 valence electrons. The van der Waals surface area contributed by atoms with Gasteiger partial charge in [0.1, 0.15) is 5.82 Å². The van der Waals surface area contributed by atoms with Gasteiger partial charge in [-0.05, 0) is 30.3 Å². The van der Waals surface area contributed by atoms with Crippen LogP contribution in [-0.2, 0) is 16.6 Å². The number of hydrogen-bond acceptors (Lipinski definition) is 4. The monoisotopic (exact) mass is 441 g/mol. The highest BCUT2D eigenvalue weighted by Gasteiger charge is 2.43. The first-order valence-corrected chi connectivity index (χ1v) is 9.67. The number of fused-ring (bicyclic) bond motifs is 2. The van der Waals surface area contributed by atoms with E-state index in [4.69, 9.17) is 5.11 Å². The summed E-state index contributed by atoms with van der Waals surface area (Å²) in [6, 6.07) is 9.20. The number of benzene rings is 1. The summed E-state index contributed by atoms with van der Waals surface area (Å²) in [6.45, 7) is 3.42. The molecule has 32 heavy (non-hydrogen) atoms. The van der Waals surface area contributed by atoms with Gasteiger partial charge in [0.15, 0.2) is 5.65 Å². The Morgan fingerprint density at radius 3 is 2.59 bits per heavy atom. The summed E-state index contributed by atoms with van der Waals surface area (Å²) in [5, 5.41) is 25.7. The Morgan fingerprint density at radius 1 is 1.28 bits per heavy atom. The second-order valence-corrected chi connectivity index (χ2v) is 8.21. The van der Waals surface area contributed by atoms with Crippen molar-refractivity contribution in [1.29, 1.82) is 5.26 Å². The van der Waals surface area contributed by atoms with Crippen molar-refractivity contribution < 1.29 is 23.1 Å². The molecule has 0 saturated heterocycles. The van der Waals surface area contributed by atoms with Gasteiger partial charge in [0.05, 0.1) is 29.7 Å². The number of nitriles is 1. The van der Waals surface area contributed by atoms with E-state index in [1.165, 1.54) is 30.5 Å². The lowest BCUT2D eigenvalue weighted by molar-refractivity contribution is -0.164. The summed E-state index contributed by atoms with van der Waals surface area (Å²) >= 11 is 0. The van der Waals surface area contributed by atoms with Crippen LogP contribution in [0.25, 0.3) is 27.8 Å². The maximum Gasteiger partial charge on any atom is 0.374 e. The SMILES string of the molecule is CC(C)(CC#N)c1c(CC(F)(F)C(=O)O)c2nc3[nH]ncc3cc2n1-c1ccc(F)cc1. The molecule has 0 atom stereocenters. The van der Waals surface area contributed by atoms with E-state index in [2.05, 4.69) is 21.3 Å². The van der Waals surface area contributed by atoms with Crippen LogP contribution in [0, 0.1) is 17.1 Å². The fourth-order valence-electron chi connectivity index (χ4n) is 3.94. The van der Waals surface area contributed by atoms with Crippen LogP contribution in [0.4, 0.5) is 13.2 Å². The molecule has 0 fully saturated rings. The predicted octanol–water partition coefficient (Wildman–Crippen LogP) is 4.49. The van der Waals surface area contributed by atoms with Gasteiger partial charge in [0.2, 0.25) is 0 Å². The van der Waals surface area contributed by atoms with E-state index in [1.54, 1.807) is 24.5 Å². The summed E-state index contributed by atoms with van der Waals surface area (Å²) in [4.78, 5) is 15.7. The molecule has 2 N–H and O–H groups in total. The van der Waals surface area contributed by atoms with Gasteiger partial charge in [-0.1, -0.05) is 13.8 Å². The van der Waals surface area contributed by atoms with Crippen LogP contribution in [0.15, 0.2) is 36.5 Å². The molecule has 7 nitrogen and oxygen atoms in total. The van der Waals surface area contributed by atoms with Gasteiger partial charge in [-0.25, -0.2) is 14.2 Å². The van der Waals surface area contributed by atoms with Gasteiger partial charge in [-0.2, -0.15) is 19.1 Å². The predicted molar refractivity (Wildman–Crippen MR) is 110 cm³/mol. The first kappa shape index (κ1) is 21.4. The quantitative estimate of drug-likeness (QED) is 0.458. The molecule has 3 heterocycles. The Kier molecular flexibility index (Phi) is 4.92. The van der Waals surface area contributed by atoms with E-state index >= 15 is 0 Å². The van der Waals surface area contributed by atoms with E-state index in [0.29, 0.717) is 27.9 Å². The van der Waals surface area contributed by atoms with Crippen molar-refractivity contribution >= 4 is 28.0 Å². The van der Waals surface area contributed by atoms with Crippen molar-refractivity contribution in [3.63, 3.8) is 0 Å². The third-order valence-corrected chi connectivity index (χ3v) is 5.40. The van der Waals surface area contributed by atoms with Crippen LogP contribution in [0.5, 0.6) is 0 Å². The molecule has 0 aliphatic heterocycles. The lowest BCUT2D eigenvalue weighted by atomic mass is 9.82. The Morgan fingerprint density at radius 2 is 1.97 bits per heavy atom. The standard InChI is InChI=1S/C22H18F3N5O2/c1-21(2,7-8-26)18-15(10-22(24,25)20(31)32)17-16(9-12-11-27-29-19(12)28-17)30(18)14-5-3-13(23)4-6-14/h3-6,9,11H,7,10H2,1-2H3,(H,31,32)(H,27,28,29). The van der Waals surface area contributed by atoms with Crippen molar-refractivity contribution in [2.45, 2.75) is 38.0 Å². The minimum atomic E-state index is -4.07. The highest BCUT2D eigenvalue weighted by Crippen LogP contribution is 2.41. The van der Waals surface area contributed by atoms with Crippen molar-refractivity contribution in [2.24, 2.45) is 0 Å². The molecule has 0 unspecified atom stereocenters. The number of hydrogen-bond donors (Lipinski definition) is 2. The van der Waals surface area contributed by atoms with E-state index in [9.17, 15) is 23.2 Å². The molecule has 0 spiro atoms. The summed E-state index contributed by atoms with van der Waals surface area (Å²) in [6.07, 6.45) is 0.370. The smallest absolute Gasteiger partial charge is 0.374 e. The van der Waals surface area contributed by atoms with Gasteiger partial charge in [0.25, 0.3) is 0 Å². The Bertz CT molecular complexity index is 1380. The van der Waals surface area contributed by atoms with Gasteiger partial charge in [0, 0.05) is 34.2 Å². The van der Waals surface area contributed by atoms with Gasteiger partial charge < -0.3 is 9.67 Å². The zero-order valence-corrected chi connectivity index (χ0v) is 17.2. The van der Waals surface area contributed by atoms with Crippen LogP contribution in [0.1, 0.15) is 31.5 Å². The zero-order chi connectivity index (χ0) is 23.3. The number of carboxylic acids is 1. The highest BCUT2D eigenvalue weighted by molar-refractivity contribution is 5.94. The summed E-state index contributed by atoms with van der Waals surface area (Å²) < 4.78 is 44.2. The number of pyridine rings is 1. The molecule has 4 rings (SSSR count). The number of nitrogens with one attached hydrogen (secondary N) is 1. The molecule has 4 aromatic rings. The number of rotatable bonds is 6. The number of halogens is 3. The zero-order valence-electron chi connectivity index (χ0n) is 17.2.